The SMILES string of the molecule is CC(C)(C)OC(=O)N1CCC(=C(Br)Br)CC1. The molecule has 0 aromatic carbocycles. The van der Waals surface area contributed by atoms with E-state index in [9.17, 15) is 4.79 Å². The van der Waals surface area contributed by atoms with E-state index in [0.717, 1.165) is 29.3 Å². The van der Waals surface area contributed by atoms with Crippen LogP contribution in [0.15, 0.2) is 8.96 Å². The number of hydrogen-bond acceptors (Lipinski definition) is 2. The Kier molecular flexibility index (Phi) is 4.86. The van der Waals surface area contributed by atoms with Crippen LogP contribution in [0, 0.1) is 0 Å². The van der Waals surface area contributed by atoms with Crippen LogP contribution in [0.5, 0.6) is 0 Å². The number of hydrogen-bond donors (Lipinski definition) is 0. The molecule has 1 heterocycles. The van der Waals surface area contributed by atoms with E-state index in [2.05, 4.69) is 31.9 Å². The van der Waals surface area contributed by atoms with E-state index >= 15 is 0 Å². The Morgan fingerprint density at radius 2 is 1.75 bits per heavy atom. The monoisotopic (exact) mass is 353 g/mol. The van der Waals surface area contributed by atoms with Gasteiger partial charge in [0.15, 0.2) is 0 Å². The molecular weight excluding hydrogens is 338 g/mol. The summed E-state index contributed by atoms with van der Waals surface area (Å²) in [6, 6.07) is 0. The van der Waals surface area contributed by atoms with Crippen molar-refractivity contribution in [3.63, 3.8) is 0 Å². The molecule has 0 aliphatic carbocycles. The smallest absolute Gasteiger partial charge is 0.410 e. The van der Waals surface area contributed by atoms with Gasteiger partial charge in [0.1, 0.15) is 5.60 Å². The lowest BCUT2D eigenvalue weighted by atomic mass is 10.1. The Morgan fingerprint density at radius 3 is 2.12 bits per heavy atom. The van der Waals surface area contributed by atoms with Gasteiger partial charge in [0.25, 0.3) is 0 Å². The predicted octanol–water partition coefficient (Wildman–Crippen LogP) is 4.02. The molecule has 0 N–H and O–H groups in total. The zero-order valence-corrected chi connectivity index (χ0v) is 13.0. The molecule has 3 nitrogen and oxygen atoms in total. The van der Waals surface area contributed by atoms with Crippen molar-refractivity contribution in [3.8, 4) is 0 Å². The van der Waals surface area contributed by atoms with Gasteiger partial charge >= 0.3 is 6.09 Å². The van der Waals surface area contributed by atoms with Gasteiger partial charge in [-0.1, -0.05) is 0 Å². The highest BCUT2D eigenvalue weighted by Gasteiger charge is 2.25. The average Bonchev–Trinajstić information content (AvgIpc) is 2.15. The summed E-state index contributed by atoms with van der Waals surface area (Å²) in [5, 5.41) is 0. The van der Waals surface area contributed by atoms with Crippen LogP contribution in [-0.4, -0.2) is 29.7 Å². The second-order valence-electron chi connectivity index (χ2n) is 4.83. The second-order valence-corrected chi connectivity index (χ2v) is 7.48. The molecule has 0 spiro atoms. The van der Waals surface area contributed by atoms with Crippen LogP contribution in [0.4, 0.5) is 4.79 Å². The van der Waals surface area contributed by atoms with E-state index in [-0.39, 0.29) is 6.09 Å². The highest BCUT2D eigenvalue weighted by atomic mass is 79.9. The molecule has 1 saturated heterocycles. The number of carbonyl (C=O) groups is 1. The Bertz CT molecular complexity index is 294. The van der Waals surface area contributed by atoms with Crippen LogP contribution in [0.2, 0.25) is 0 Å². The fourth-order valence-corrected chi connectivity index (χ4v) is 2.27. The molecule has 1 aliphatic heterocycles. The summed E-state index contributed by atoms with van der Waals surface area (Å²) in [6.45, 7) is 7.11. The van der Waals surface area contributed by atoms with Crippen molar-refractivity contribution in [2.45, 2.75) is 39.2 Å². The molecule has 1 amide bonds. The zero-order chi connectivity index (χ0) is 12.3. The van der Waals surface area contributed by atoms with Crippen molar-refractivity contribution in [1.29, 1.82) is 0 Å². The summed E-state index contributed by atoms with van der Waals surface area (Å²) in [6.07, 6.45) is 1.58. The molecule has 0 atom stereocenters. The topological polar surface area (TPSA) is 29.5 Å². The normalized spacial score (nSPS) is 17.3. The van der Waals surface area contributed by atoms with Gasteiger partial charge in [-0.2, -0.15) is 0 Å². The summed E-state index contributed by atoms with van der Waals surface area (Å²) in [5.41, 5.74) is 0.906. The molecule has 0 aromatic rings. The van der Waals surface area contributed by atoms with Gasteiger partial charge in [-0.05, 0) is 71.0 Å². The van der Waals surface area contributed by atoms with Crippen molar-refractivity contribution in [1.82, 2.24) is 4.90 Å². The molecule has 1 fully saturated rings. The molecule has 0 unspecified atom stereocenters. The zero-order valence-electron chi connectivity index (χ0n) is 9.85. The number of ether oxygens (including phenoxy) is 1. The van der Waals surface area contributed by atoms with E-state index in [1.54, 1.807) is 4.90 Å². The van der Waals surface area contributed by atoms with Gasteiger partial charge < -0.3 is 9.64 Å². The van der Waals surface area contributed by atoms with E-state index in [0.29, 0.717) is 0 Å². The number of likely N-dealkylation sites (tertiary alicyclic amines) is 1. The first-order valence-electron chi connectivity index (χ1n) is 5.30. The predicted molar refractivity (Wildman–Crippen MR) is 71.9 cm³/mol. The van der Waals surface area contributed by atoms with E-state index in [4.69, 9.17) is 4.74 Å². The summed E-state index contributed by atoms with van der Waals surface area (Å²) >= 11 is 6.81. The average molecular weight is 355 g/mol. The highest BCUT2D eigenvalue weighted by Crippen LogP contribution is 2.27. The molecule has 0 saturated carbocycles. The lowest BCUT2D eigenvalue weighted by molar-refractivity contribution is 0.0236. The first-order valence-corrected chi connectivity index (χ1v) is 6.89. The first-order chi connectivity index (χ1) is 7.29. The minimum absolute atomic E-state index is 0.211. The van der Waals surface area contributed by atoms with Crippen LogP contribution in [0.3, 0.4) is 0 Å². The summed E-state index contributed by atoms with van der Waals surface area (Å²) in [4.78, 5) is 13.5. The summed E-state index contributed by atoms with van der Waals surface area (Å²) < 4.78 is 6.34. The minimum atomic E-state index is -0.413. The van der Waals surface area contributed by atoms with Gasteiger partial charge in [0, 0.05) is 13.1 Å². The van der Waals surface area contributed by atoms with Gasteiger partial charge in [-0.25, -0.2) is 4.79 Å². The van der Waals surface area contributed by atoms with Crippen molar-refractivity contribution >= 4 is 38.0 Å². The van der Waals surface area contributed by atoms with Crippen LogP contribution in [0.1, 0.15) is 33.6 Å². The van der Waals surface area contributed by atoms with Crippen molar-refractivity contribution < 1.29 is 9.53 Å². The van der Waals surface area contributed by atoms with Gasteiger partial charge in [-0.3, -0.25) is 0 Å². The molecule has 1 aliphatic rings. The number of nitrogens with zero attached hydrogens (tertiary/aromatic N) is 1. The van der Waals surface area contributed by atoms with E-state index < -0.39 is 5.60 Å². The standard InChI is InChI=1S/C11H17Br2NO2/c1-11(2,3)16-10(15)14-6-4-8(5-7-14)9(12)13/h4-7H2,1-3H3. The van der Waals surface area contributed by atoms with Crippen molar-refractivity contribution in [2.75, 3.05) is 13.1 Å². The van der Waals surface area contributed by atoms with Crippen molar-refractivity contribution in [3.05, 3.63) is 8.96 Å². The molecule has 5 heteroatoms. The number of rotatable bonds is 0. The fraction of sp³-hybridized carbons (Fsp3) is 0.727. The van der Waals surface area contributed by atoms with Crippen molar-refractivity contribution in [2.24, 2.45) is 0 Å². The van der Waals surface area contributed by atoms with Gasteiger partial charge in [0.2, 0.25) is 0 Å². The van der Waals surface area contributed by atoms with Crippen LogP contribution < -0.4 is 0 Å². The molecule has 92 valence electrons. The van der Waals surface area contributed by atoms with Crippen LogP contribution in [0.25, 0.3) is 0 Å². The number of amides is 1. The van der Waals surface area contributed by atoms with Gasteiger partial charge in [0.05, 0.1) is 3.39 Å². The third kappa shape index (κ3) is 4.45. The Balaban J connectivity index is 2.49. The van der Waals surface area contributed by atoms with E-state index in [1.807, 2.05) is 20.8 Å². The Labute approximate surface area is 113 Å². The Morgan fingerprint density at radius 1 is 1.25 bits per heavy atom. The molecule has 0 radical (unpaired) electrons. The first kappa shape index (κ1) is 14.0. The summed E-state index contributed by atoms with van der Waals surface area (Å²) in [5.74, 6) is 0. The third-order valence-electron chi connectivity index (χ3n) is 2.29. The Hall–Kier alpha value is -0.0300. The third-order valence-corrected chi connectivity index (χ3v) is 3.41. The maximum absolute atomic E-state index is 11.8. The maximum atomic E-state index is 11.8. The minimum Gasteiger partial charge on any atom is -0.444 e. The lowest BCUT2D eigenvalue weighted by Gasteiger charge is -2.31. The lowest BCUT2D eigenvalue weighted by Crippen LogP contribution is -2.40. The molecule has 1 rings (SSSR count). The molecule has 0 bridgehead atoms. The number of halogens is 2. The van der Waals surface area contributed by atoms with Crippen LogP contribution in [-0.2, 0) is 4.74 Å². The fourth-order valence-electron chi connectivity index (χ4n) is 1.47. The highest BCUT2D eigenvalue weighted by molar-refractivity contribution is 9.28. The summed E-state index contributed by atoms with van der Waals surface area (Å²) in [7, 11) is 0. The second kappa shape index (κ2) is 5.54. The van der Waals surface area contributed by atoms with E-state index in [1.165, 1.54) is 5.57 Å². The molecule has 16 heavy (non-hydrogen) atoms. The quantitative estimate of drug-likeness (QED) is 0.657. The number of piperidine rings is 1. The maximum Gasteiger partial charge on any atom is 0.410 e. The largest absolute Gasteiger partial charge is 0.444 e. The van der Waals surface area contributed by atoms with Gasteiger partial charge in [-0.15, -0.1) is 0 Å². The molecule has 0 aromatic heterocycles. The molecular formula is C11H17Br2NO2. The van der Waals surface area contributed by atoms with Crippen LogP contribution >= 0.6 is 31.9 Å². The number of carbonyl (C=O) groups excluding carboxylic acids is 1.